The second-order valence-corrected chi connectivity index (χ2v) is 6.34. The predicted octanol–water partition coefficient (Wildman–Crippen LogP) is 2.58. The Balaban J connectivity index is 2.26. The van der Waals surface area contributed by atoms with E-state index < -0.39 is 0 Å². The van der Waals surface area contributed by atoms with Gasteiger partial charge in [0.05, 0.1) is 6.61 Å². The number of hydrogen-bond acceptors (Lipinski definition) is 4. The first-order valence-electron chi connectivity index (χ1n) is 7.46. The quantitative estimate of drug-likeness (QED) is 0.806. The molecule has 1 heterocycles. The third kappa shape index (κ3) is 3.61. The van der Waals surface area contributed by atoms with Gasteiger partial charge in [0.2, 0.25) is 0 Å². The number of hydrogen-bond donors (Lipinski definition) is 0. The van der Waals surface area contributed by atoms with Crippen molar-refractivity contribution < 1.29 is 14.3 Å². The lowest BCUT2D eigenvalue weighted by molar-refractivity contribution is -0.122. The number of aromatic nitrogens is 1. The van der Waals surface area contributed by atoms with Crippen LogP contribution >= 0.6 is 11.3 Å². The topological polar surface area (TPSA) is 60.7 Å². The minimum Gasteiger partial charge on any atom is -0.462 e. The van der Waals surface area contributed by atoms with Crippen LogP contribution in [-0.2, 0) is 16.6 Å². The van der Waals surface area contributed by atoms with Gasteiger partial charge >= 0.3 is 5.97 Å². The van der Waals surface area contributed by atoms with Crippen LogP contribution in [0.25, 0.3) is 0 Å². The van der Waals surface area contributed by atoms with Crippen LogP contribution in [0.3, 0.4) is 0 Å². The summed E-state index contributed by atoms with van der Waals surface area (Å²) in [5.41, 5.74) is 0.786. The summed E-state index contributed by atoms with van der Waals surface area (Å²) < 4.78 is 6.82. The molecule has 1 aromatic rings. The van der Waals surface area contributed by atoms with Gasteiger partial charge in [0.1, 0.15) is 4.88 Å². The van der Waals surface area contributed by atoms with E-state index in [2.05, 4.69) is 4.99 Å². The van der Waals surface area contributed by atoms with Crippen LogP contribution in [0, 0.1) is 12.8 Å². The predicted molar refractivity (Wildman–Crippen MR) is 81.1 cm³/mol. The highest BCUT2D eigenvalue weighted by Crippen LogP contribution is 2.24. The van der Waals surface area contributed by atoms with Gasteiger partial charge in [0.15, 0.2) is 4.80 Å². The number of esters is 1. The number of carbonyl (C=O) groups excluding carboxylic acids is 2. The highest BCUT2D eigenvalue weighted by molar-refractivity contribution is 7.11. The van der Waals surface area contributed by atoms with Crippen LogP contribution < -0.4 is 4.80 Å². The highest BCUT2D eigenvalue weighted by atomic mass is 32.1. The van der Waals surface area contributed by atoms with Gasteiger partial charge in [-0.1, -0.05) is 30.6 Å². The lowest BCUT2D eigenvalue weighted by Gasteiger charge is -2.17. The van der Waals surface area contributed by atoms with Crippen molar-refractivity contribution in [2.75, 3.05) is 6.61 Å². The third-order valence-electron chi connectivity index (χ3n) is 3.93. The molecule has 0 saturated heterocycles. The van der Waals surface area contributed by atoms with Gasteiger partial charge in [-0.3, -0.25) is 4.79 Å². The van der Waals surface area contributed by atoms with Gasteiger partial charge in [-0.25, -0.2) is 4.79 Å². The largest absolute Gasteiger partial charge is 0.462 e. The van der Waals surface area contributed by atoms with E-state index in [1.165, 1.54) is 17.8 Å². The van der Waals surface area contributed by atoms with Gasteiger partial charge in [-0.15, -0.1) is 0 Å². The zero-order valence-electron chi connectivity index (χ0n) is 12.8. The number of rotatable bonds is 3. The molecular weight excluding hydrogens is 288 g/mol. The van der Waals surface area contributed by atoms with Gasteiger partial charge in [0, 0.05) is 18.7 Å². The smallest absolute Gasteiger partial charge is 0.350 e. The Hall–Kier alpha value is -1.43. The molecule has 21 heavy (non-hydrogen) atoms. The maximum absolute atomic E-state index is 12.2. The zero-order chi connectivity index (χ0) is 15.4. The van der Waals surface area contributed by atoms with Crippen LogP contribution in [0.15, 0.2) is 4.99 Å². The first-order chi connectivity index (χ1) is 10.0. The molecule has 0 N–H and O–H groups in total. The highest BCUT2D eigenvalue weighted by Gasteiger charge is 2.22. The van der Waals surface area contributed by atoms with Crippen molar-refractivity contribution in [3.8, 4) is 0 Å². The van der Waals surface area contributed by atoms with Crippen LogP contribution in [0.1, 0.15) is 54.4 Å². The second-order valence-electron chi connectivity index (χ2n) is 5.36. The third-order valence-corrected chi connectivity index (χ3v) is 5.15. The molecule has 5 nitrogen and oxygen atoms in total. The standard InChI is InChI=1S/C15H22N2O3S/c1-4-20-14(19)12-10(2)17(3)15(21-12)16-13(18)11-8-6-5-7-9-11/h11H,4-9H2,1-3H3. The molecule has 1 amide bonds. The Kier molecular flexibility index (Phi) is 5.33. The van der Waals surface area contributed by atoms with E-state index in [1.807, 2.05) is 14.0 Å². The summed E-state index contributed by atoms with van der Waals surface area (Å²) in [7, 11) is 1.82. The SMILES string of the molecule is CCOC(=O)c1sc(=NC(=O)C2CCCCC2)n(C)c1C. The van der Waals surface area contributed by atoms with Crippen molar-refractivity contribution in [1.29, 1.82) is 0 Å². The molecule has 0 aliphatic heterocycles. The van der Waals surface area contributed by atoms with E-state index in [9.17, 15) is 9.59 Å². The molecular formula is C15H22N2O3S. The second kappa shape index (κ2) is 7.02. The summed E-state index contributed by atoms with van der Waals surface area (Å²) >= 11 is 1.23. The average molecular weight is 310 g/mol. The fourth-order valence-electron chi connectivity index (χ4n) is 2.55. The fourth-order valence-corrected chi connectivity index (χ4v) is 3.57. The Labute approximate surface area is 128 Å². The maximum atomic E-state index is 12.2. The van der Waals surface area contributed by atoms with E-state index in [4.69, 9.17) is 4.74 Å². The van der Waals surface area contributed by atoms with E-state index in [0.29, 0.717) is 16.3 Å². The molecule has 1 aliphatic rings. The monoisotopic (exact) mass is 310 g/mol. The summed E-state index contributed by atoms with van der Waals surface area (Å²) in [5, 5.41) is 0. The Morgan fingerprint density at radius 1 is 1.33 bits per heavy atom. The van der Waals surface area contributed by atoms with E-state index in [0.717, 1.165) is 31.4 Å². The summed E-state index contributed by atoms with van der Waals surface area (Å²) in [4.78, 5) is 29.5. The van der Waals surface area contributed by atoms with Crippen LogP contribution in [-0.4, -0.2) is 23.1 Å². The lowest BCUT2D eigenvalue weighted by Crippen LogP contribution is -2.21. The summed E-state index contributed by atoms with van der Waals surface area (Å²) in [6.45, 7) is 3.96. The summed E-state index contributed by atoms with van der Waals surface area (Å²) in [5.74, 6) is -0.351. The Bertz CT molecular complexity index is 595. The van der Waals surface area contributed by atoms with E-state index in [-0.39, 0.29) is 17.8 Å². The lowest BCUT2D eigenvalue weighted by atomic mass is 9.89. The molecule has 0 unspecified atom stereocenters. The molecule has 0 aromatic carbocycles. The number of nitrogens with zero attached hydrogens (tertiary/aromatic N) is 2. The number of amides is 1. The minimum absolute atomic E-state index is 0.0483. The molecule has 0 bridgehead atoms. The molecule has 0 spiro atoms. The minimum atomic E-state index is -0.345. The number of carbonyl (C=O) groups is 2. The summed E-state index contributed by atoms with van der Waals surface area (Å²) in [6.07, 6.45) is 5.29. The first kappa shape index (κ1) is 15.9. The van der Waals surface area contributed by atoms with Crippen LogP contribution in [0.2, 0.25) is 0 Å². The molecule has 1 fully saturated rings. The van der Waals surface area contributed by atoms with Crippen molar-refractivity contribution in [1.82, 2.24) is 4.57 Å². The normalized spacial score (nSPS) is 17.0. The van der Waals surface area contributed by atoms with Crippen LogP contribution in [0.5, 0.6) is 0 Å². The first-order valence-corrected chi connectivity index (χ1v) is 8.28. The number of ether oxygens (including phenoxy) is 1. The maximum Gasteiger partial charge on any atom is 0.350 e. The molecule has 6 heteroatoms. The van der Waals surface area contributed by atoms with Gasteiger partial charge in [0.25, 0.3) is 5.91 Å². The van der Waals surface area contributed by atoms with Crippen LogP contribution in [0.4, 0.5) is 0 Å². The van der Waals surface area contributed by atoms with Crippen molar-refractivity contribution >= 4 is 23.2 Å². The van der Waals surface area contributed by atoms with Crippen molar-refractivity contribution in [3.63, 3.8) is 0 Å². The molecule has 1 aromatic heterocycles. The molecule has 2 rings (SSSR count). The average Bonchev–Trinajstić information content (AvgIpc) is 2.77. The zero-order valence-corrected chi connectivity index (χ0v) is 13.7. The molecule has 1 saturated carbocycles. The number of thiazole rings is 1. The fraction of sp³-hybridized carbons (Fsp3) is 0.667. The van der Waals surface area contributed by atoms with Gasteiger partial charge in [-0.05, 0) is 26.7 Å². The van der Waals surface area contributed by atoms with Crippen molar-refractivity contribution in [2.45, 2.75) is 46.0 Å². The summed E-state index contributed by atoms with van der Waals surface area (Å²) in [6, 6.07) is 0. The van der Waals surface area contributed by atoms with Gasteiger partial charge in [-0.2, -0.15) is 4.99 Å². The van der Waals surface area contributed by atoms with E-state index in [1.54, 1.807) is 11.5 Å². The Morgan fingerprint density at radius 2 is 2.00 bits per heavy atom. The Morgan fingerprint density at radius 3 is 2.62 bits per heavy atom. The molecule has 0 atom stereocenters. The van der Waals surface area contributed by atoms with E-state index >= 15 is 0 Å². The molecule has 116 valence electrons. The van der Waals surface area contributed by atoms with Gasteiger partial charge < -0.3 is 9.30 Å². The van der Waals surface area contributed by atoms with Crippen molar-refractivity contribution in [2.24, 2.45) is 18.0 Å². The molecule has 1 aliphatic carbocycles. The van der Waals surface area contributed by atoms with Crippen molar-refractivity contribution in [3.05, 3.63) is 15.4 Å². The molecule has 0 radical (unpaired) electrons.